The summed E-state index contributed by atoms with van der Waals surface area (Å²) < 4.78 is 12.8. The Balaban J connectivity index is 2.27. The lowest BCUT2D eigenvalue weighted by molar-refractivity contribution is 0.628. The first-order valence-corrected chi connectivity index (χ1v) is 4.97. The van der Waals surface area contributed by atoms with Gasteiger partial charge < -0.3 is 11.1 Å². The normalized spacial score (nSPS) is 10.1. The molecule has 3 nitrogen and oxygen atoms in total. The van der Waals surface area contributed by atoms with Crippen molar-refractivity contribution in [3.05, 3.63) is 47.2 Å². The third-order valence-corrected chi connectivity index (χ3v) is 2.28. The van der Waals surface area contributed by atoms with Gasteiger partial charge in [0.2, 0.25) is 0 Å². The van der Waals surface area contributed by atoms with Crippen molar-refractivity contribution < 1.29 is 4.39 Å². The molecule has 2 rings (SSSR count). The van der Waals surface area contributed by atoms with Crippen molar-refractivity contribution in [3.8, 4) is 0 Å². The predicted molar refractivity (Wildman–Crippen MR) is 63.3 cm³/mol. The molecule has 0 saturated heterocycles. The minimum Gasteiger partial charge on any atom is -0.384 e. The van der Waals surface area contributed by atoms with E-state index in [-0.39, 0.29) is 5.82 Å². The molecule has 0 bridgehead atoms. The van der Waals surface area contributed by atoms with Crippen molar-refractivity contribution in [2.45, 2.75) is 0 Å². The lowest BCUT2D eigenvalue weighted by Crippen LogP contribution is -1.97. The van der Waals surface area contributed by atoms with E-state index in [4.69, 9.17) is 17.3 Å². The SMILES string of the molecule is Nc1cccc(Nc2ccc(F)cc2Cl)n1. The first kappa shape index (κ1) is 10.7. The van der Waals surface area contributed by atoms with Gasteiger partial charge in [0.25, 0.3) is 0 Å². The van der Waals surface area contributed by atoms with Gasteiger partial charge in [-0.1, -0.05) is 17.7 Å². The van der Waals surface area contributed by atoms with E-state index >= 15 is 0 Å². The van der Waals surface area contributed by atoms with E-state index in [9.17, 15) is 4.39 Å². The predicted octanol–water partition coefficient (Wildman–Crippen LogP) is 3.20. The van der Waals surface area contributed by atoms with Gasteiger partial charge in [0, 0.05) is 0 Å². The molecular formula is C11H9ClFN3. The molecule has 5 heteroatoms. The van der Waals surface area contributed by atoms with Gasteiger partial charge >= 0.3 is 0 Å². The molecule has 1 aromatic carbocycles. The number of nitrogen functional groups attached to an aromatic ring is 1. The molecule has 0 saturated carbocycles. The summed E-state index contributed by atoms with van der Waals surface area (Å²) in [7, 11) is 0. The summed E-state index contributed by atoms with van der Waals surface area (Å²) in [5, 5.41) is 3.25. The number of nitrogens with two attached hydrogens (primary N) is 1. The highest BCUT2D eigenvalue weighted by Crippen LogP contribution is 2.25. The molecule has 1 aromatic heterocycles. The Morgan fingerprint density at radius 2 is 2.06 bits per heavy atom. The maximum atomic E-state index is 12.8. The topological polar surface area (TPSA) is 50.9 Å². The zero-order valence-corrected chi connectivity index (χ0v) is 9.00. The summed E-state index contributed by atoms with van der Waals surface area (Å²) >= 11 is 5.86. The van der Waals surface area contributed by atoms with E-state index in [1.165, 1.54) is 12.1 Å². The summed E-state index contributed by atoms with van der Waals surface area (Å²) in [4.78, 5) is 4.05. The molecule has 2 aromatic rings. The second-order valence-electron chi connectivity index (χ2n) is 3.20. The van der Waals surface area contributed by atoms with Crippen LogP contribution in [0.2, 0.25) is 5.02 Å². The molecule has 82 valence electrons. The van der Waals surface area contributed by atoms with Gasteiger partial charge in [-0.3, -0.25) is 0 Å². The van der Waals surface area contributed by atoms with E-state index < -0.39 is 0 Å². The van der Waals surface area contributed by atoms with Gasteiger partial charge in [-0.25, -0.2) is 9.37 Å². The van der Waals surface area contributed by atoms with Crippen molar-refractivity contribution >= 4 is 28.9 Å². The zero-order valence-electron chi connectivity index (χ0n) is 8.24. The maximum absolute atomic E-state index is 12.8. The number of benzene rings is 1. The second-order valence-corrected chi connectivity index (χ2v) is 3.60. The first-order valence-electron chi connectivity index (χ1n) is 4.60. The molecule has 0 unspecified atom stereocenters. The van der Waals surface area contributed by atoms with Crippen molar-refractivity contribution in [3.63, 3.8) is 0 Å². The molecule has 0 aliphatic rings. The van der Waals surface area contributed by atoms with Gasteiger partial charge in [-0.05, 0) is 30.3 Å². The van der Waals surface area contributed by atoms with E-state index in [1.807, 2.05) is 0 Å². The Bertz CT molecular complexity index is 516. The Morgan fingerprint density at radius 3 is 2.75 bits per heavy atom. The van der Waals surface area contributed by atoms with Gasteiger partial charge in [0.15, 0.2) is 0 Å². The third-order valence-electron chi connectivity index (χ3n) is 1.96. The minimum absolute atomic E-state index is 0.296. The van der Waals surface area contributed by atoms with E-state index in [0.29, 0.717) is 22.3 Å². The molecule has 0 amide bonds. The van der Waals surface area contributed by atoms with Gasteiger partial charge in [-0.2, -0.15) is 0 Å². The van der Waals surface area contributed by atoms with Crippen LogP contribution in [0.3, 0.4) is 0 Å². The third kappa shape index (κ3) is 2.41. The largest absolute Gasteiger partial charge is 0.384 e. The summed E-state index contributed by atoms with van der Waals surface area (Å²) in [6.07, 6.45) is 0. The summed E-state index contributed by atoms with van der Waals surface area (Å²) in [5.41, 5.74) is 6.11. The van der Waals surface area contributed by atoms with Crippen LogP contribution in [0.15, 0.2) is 36.4 Å². The van der Waals surface area contributed by atoms with Crippen LogP contribution in [0, 0.1) is 5.82 Å². The highest BCUT2D eigenvalue weighted by atomic mass is 35.5. The van der Waals surface area contributed by atoms with Crippen molar-refractivity contribution in [2.75, 3.05) is 11.1 Å². The number of halogens is 2. The number of aromatic nitrogens is 1. The molecular weight excluding hydrogens is 229 g/mol. The number of rotatable bonds is 2. The van der Waals surface area contributed by atoms with Crippen molar-refractivity contribution in [2.24, 2.45) is 0 Å². The van der Waals surface area contributed by atoms with Crippen LogP contribution in [0.4, 0.5) is 21.7 Å². The van der Waals surface area contributed by atoms with Crippen LogP contribution in [-0.2, 0) is 0 Å². The highest BCUT2D eigenvalue weighted by molar-refractivity contribution is 6.33. The van der Waals surface area contributed by atoms with Crippen LogP contribution >= 0.6 is 11.6 Å². The molecule has 1 heterocycles. The van der Waals surface area contributed by atoms with Crippen molar-refractivity contribution in [1.82, 2.24) is 4.98 Å². The number of hydrogen-bond acceptors (Lipinski definition) is 3. The maximum Gasteiger partial charge on any atom is 0.132 e. The first-order chi connectivity index (χ1) is 7.65. The van der Waals surface area contributed by atoms with Crippen LogP contribution in [-0.4, -0.2) is 4.98 Å². The van der Waals surface area contributed by atoms with Crippen LogP contribution in [0.25, 0.3) is 0 Å². The highest BCUT2D eigenvalue weighted by Gasteiger charge is 2.02. The molecule has 0 fully saturated rings. The Hall–Kier alpha value is -1.81. The van der Waals surface area contributed by atoms with Gasteiger partial charge in [-0.15, -0.1) is 0 Å². The molecule has 16 heavy (non-hydrogen) atoms. The standard InChI is InChI=1S/C11H9ClFN3/c12-8-6-7(13)4-5-9(8)15-11-3-1-2-10(14)16-11/h1-6H,(H3,14,15,16). The quantitative estimate of drug-likeness (QED) is 0.843. The lowest BCUT2D eigenvalue weighted by atomic mass is 10.3. The number of anilines is 3. The molecule has 0 radical (unpaired) electrons. The Labute approximate surface area is 97.1 Å². The fourth-order valence-corrected chi connectivity index (χ4v) is 1.46. The Morgan fingerprint density at radius 1 is 1.25 bits per heavy atom. The monoisotopic (exact) mass is 237 g/mol. The number of hydrogen-bond donors (Lipinski definition) is 2. The summed E-state index contributed by atoms with van der Waals surface area (Å²) in [6, 6.07) is 9.29. The fraction of sp³-hybridized carbons (Fsp3) is 0. The molecule has 3 N–H and O–H groups in total. The van der Waals surface area contributed by atoms with Gasteiger partial charge in [0.05, 0.1) is 10.7 Å². The second kappa shape index (κ2) is 4.37. The van der Waals surface area contributed by atoms with E-state index in [2.05, 4.69) is 10.3 Å². The van der Waals surface area contributed by atoms with E-state index in [0.717, 1.165) is 0 Å². The van der Waals surface area contributed by atoms with Crippen molar-refractivity contribution in [1.29, 1.82) is 0 Å². The average Bonchev–Trinajstić information content (AvgIpc) is 2.22. The minimum atomic E-state index is -0.379. The summed E-state index contributed by atoms with van der Waals surface area (Å²) in [5.74, 6) is 0.591. The lowest BCUT2D eigenvalue weighted by Gasteiger charge is -2.07. The Kier molecular flexibility index (Phi) is 2.92. The summed E-state index contributed by atoms with van der Waals surface area (Å²) in [6.45, 7) is 0. The zero-order chi connectivity index (χ0) is 11.5. The molecule has 0 spiro atoms. The molecule has 0 aliphatic carbocycles. The van der Waals surface area contributed by atoms with Crippen LogP contribution in [0.1, 0.15) is 0 Å². The number of nitrogens with one attached hydrogen (secondary N) is 1. The van der Waals surface area contributed by atoms with Crippen LogP contribution < -0.4 is 11.1 Å². The number of nitrogens with zero attached hydrogens (tertiary/aromatic N) is 1. The van der Waals surface area contributed by atoms with Gasteiger partial charge in [0.1, 0.15) is 17.5 Å². The van der Waals surface area contributed by atoms with Crippen LogP contribution in [0.5, 0.6) is 0 Å². The molecule has 0 atom stereocenters. The average molecular weight is 238 g/mol. The van der Waals surface area contributed by atoms with E-state index in [1.54, 1.807) is 24.3 Å². The fourth-order valence-electron chi connectivity index (χ4n) is 1.25. The molecule has 0 aliphatic heterocycles. The number of pyridine rings is 1. The smallest absolute Gasteiger partial charge is 0.132 e.